The van der Waals surface area contributed by atoms with Crippen molar-refractivity contribution < 1.29 is 9.59 Å². The van der Waals surface area contributed by atoms with E-state index in [1.54, 1.807) is 19.2 Å². The molecular weight excluding hydrogens is 438 g/mol. The summed E-state index contributed by atoms with van der Waals surface area (Å²) < 4.78 is 0. The number of rotatable bonds is 4. The topological polar surface area (TPSA) is 98.9 Å². The molecule has 3 aromatic carbocycles. The van der Waals surface area contributed by atoms with E-state index in [0.29, 0.717) is 22.0 Å². The molecule has 0 bridgehead atoms. The molecule has 4 N–H and O–H groups in total. The summed E-state index contributed by atoms with van der Waals surface area (Å²) in [6.45, 7) is 1.72. The largest absolute Gasteiger partial charge is 0.327 e. The molecule has 8 heteroatoms. The molecule has 1 aromatic heterocycles. The lowest BCUT2D eigenvalue weighted by Crippen LogP contribution is -2.45. The Morgan fingerprint density at radius 3 is 2.42 bits per heavy atom. The predicted octanol–water partition coefficient (Wildman–Crippen LogP) is 5.15. The summed E-state index contributed by atoms with van der Waals surface area (Å²) in [4.78, 5) is 25.5. The molecule has 164 valence electrons. The molecule has 1 aliphatic rings. The third kappa shape index (κ3) is 4.18. The minimum absolute atomic E-state index is 0.297. The van der Waals surface area contributed by atoms with Gasteiger partial charge in [-0.2, -0.15) is 5.10 Å². The van der Waals surface area contributed by atoms with Gasteiger partial charge in [-0.05, 0) is 53.9 Å². The first-order valence-corrected chi connectivity index (χ1v) is 10.7. The van der Waals surface area contributed by atoms with E-state index in [2.05, 4.69) is 26.1 Å². The Morgan fingerprint density at radius 1 is 1.00 bits per heavy atom. The highest BCUT2D eigenvalue weighted by Gasteiger charge is 2.31. The molecule has 5 rings (SSSR count). The highest BCUT2D eigenvalue weighted by Crippen LogP contribution is 2.30. The first kappa shape index (κ1) is 20.8. The smallest absolute Gasteiger partial charge is 0.319 e. The van der Waals surface area contributed by atoms with Crippen molar-refractivity contribution in [1.82, 2.24) is 20.8 Å². The lowest BCUT2D eigenvalue weighted by molar-refractivity contribution is -0.113. The van der Waals surface area contributed by atoms with Gasteiger partial charge in [0, 0.05) is 21.8 Å². The molecule has 1 atom stereocenters. The number of carbonyl (C=O) groups is 2. The Hall–Kier alpha value is -4.10. The molecule has 1 aliphatic heterocycles. The normalized spacial score (nSPS) is 15.8. The van der Waals surface area contributed by atoms with Gasteiger partial charge in [-0.3, -0.25) is 9.89 Å². The zero-order valence-corrected chi connectivity index (χ0v) is 18.4. The zero-order valence-electron chi connectivity index (χ0n) is 17.6. The fraction of sp³-hybridized carbons (Fsp3) is 0.0800. The standard InChI is InChI=1S/C25H20ClN5O2/c1-14-22(24(32)29-20-10-11-21-18(12-20)13-27-31-21)23(30-25(33)28-14)17-4-2-15(3-5-17)16-6-8-19(26)9-7-16/h2-13,23H,1H3,(H,27,31)(H,29,32)(H2,28,30,33). The third-order valence-corrected chi connectivity index (χ3v) is 5.89. The number of carbonyl (C=O) groups excluding carboxylic acids is 2. The molecule has 7 nitrogen and oxygen atoms in total. The van der Waals surface area contributed by atoms with Crippen molar-refractivity contribution >= 4 is 40.1 Å². The van der Waals surface area contributed by atoms with Crippen LogP contribution < -0.4 is 16.0 Å². The van der Waals surface area contributed by atoms with Gasteiger partial charge in [0.15, 0.2) is 0 Å². The highest BCUT2D eigenvalue weighted by molar-refractivity contribution is 6.30. The minimum Gasteiger partial charge on any atom is -0.327 e. The Balaban J connectivity index is 1.43. The molecular formula is C25H20ClN5O2. The number of halogens is 1. The van der Waals surface area contributed by atoms with Crippen molar-refractivity contribution in [3.8, 4) is 11.1 Å². The maximum Gasteiger partial charge on any atom is 0.319 e. The van der Waals surface area contributed by atoms with Crippen molar-refractivity contribution in [3.63, 3.8) is 0 Å². The number of benzene rings is 3. The minimum atomic E-state index is -0.587. The maximum absolute atomic E-state index is 13.3. The average molecular weight is 458 g/mol. The number of aromatic nitrogens is 2. The Bertz CT molecular complexity index is 1390. The van der Waals surface area contributed by atoms with Crippen LogP contribution in [0.25, 0.3) is 22.0 Å². The van der Waals surface area contributed by atoms with E-state index in [0.717, 1.165) is 27.6 Å². The van der Waals surface area contributed by atoms with E-state index in [1.807, 2.05) is 60.7 Å². The summed E-state index contributed by atoms with van der Waals surface area (Å²) in [7, 11) is 0. The monoisotopic (exact) mass is 457 g/mol. The first-order chi connectivity index (χ1) is 16.0. The maximum atomic E-state index is 13.3. The summed E-state index contributed by atoms with van der Waals surface area (Å²) >= 11 is 5.99. The zero-order chi connectivity index (χ0) is 22.9. The van der Waals surface area contributed by atoms with E-state index < -0.39 is 6.04 Å². The molecule has 2 heterocycles. The second-order valence-electron chi connectivity index (χ2n) is 7.83. The van der Waals surface area contributed by atoms with Crippen LogP contribution in [0.15, 0.2) is 84.2 Å². The Labute approximate surface area is 194 Å². The predicted molar refractivity (Wildman–Crippen MR) is 129 cm³/mol. The quantitative estimate of drug-likeness (QED) is 0.341. The molecule has 0 spiro atoms. The number of fused-ring (bicyclic) bond motifs is 1. The van der Waals surface area contributed by atoms with Crippen LogP contribution in [-0.2, 0) is 4.79 Å². The number of nitrogens with one attached hydrogen (secondary N) is 4. The van der Waals surface area contributed by atoms with Gasteiger partial charge >= 0.3 is 6.03 Å². The van der Waals surface area contributed by atoms with Gasteiger partial charge in [0.25, 0.3) is 5.91 Å². The van der Waals surface area contributed by atoms with Crippen molar-refractivity contribution in [3.05, 3.63) is 94.8 Å². The summed E-state index contributed by atoms with van der Waals surface area (Å²) in [5.41, 5.74) is 5.32. The first-order valence-electron chi connectivity index (χ1n) is 10.4. The number of hydrogen-bond acceptors (Lipinski definition) is 3. The van der Waals surface area contributed by atoms with Crippen molar-refractivity contribution in [2.45, 2.75) is 13.0 Å². The molecule has 3 amide bonds. The summed E-state index contributed by atoms with van der Waals surface area (Å²) in [6, 6.07) is 19.9. The fourth-order valence-corrected chi connectivity index (χ4v) is 4.10. The van der Waals surface area contributed by atoms with E-state index >= 15 is 0 Å². The second-order valence-corrected chi connectivity index (χ2v) is 8.26. The van der Waals surface area contributed by atoms with Crippen LogP contribution >= 0.6 is 11.6 Å². The summed E-state index contributed by atoms with van der Waals surface area (Å²) in [6.07, 6.45) is 1.70. The molecule has 0 saturated heterocycles. The van der Waals surface area contributed by atoms with Crippen LogP contribution in [0.2, 0.25) is 5.02 Å². The molecule has 1 unspecified atom stereocenters. The number of anilines is 1. The molecule has 0 saturated carbocycles. The van der Waals surface area contributed by atoms with Crippen LogP contribution in [-0.4, -0.2) is 22.1 Å². The van der Waals surface area contributed by atoms with Gasteiger partial charge in [-0.25, -0.2) is 4.79 Å². The summed E-state index contributed by atoms with van der Waals surface area (Å²) in [5.74, 6) is -0.297. The van der Waals surface area contributed by atoms with E-state index in [1.165, 1.54) is 0 Å². The SMILES string of the molecule is CC1=C(C(=O)Nc2ccc3[nH]ncc3c2)C(c2ccc(-c3ccc(Cl)cc3)cc2)NC(=O)N1. The number of allylic oxidation sites excluding steroid dienone is 1. The number of hydrogen-bond donors (Lipinski definition) is 4. The van der Waals surface area contributed by atoms with Crippen molar-refractivity contribution in [2.24, 2.45) is 0 Å². The molecule has 33 heavy (non-hydrogen) atoms. The fourth-order valence-electron chi connectivity index (χ4n) is 3.97. The van der Waals surface area contributed by atoms with Crippen LogP contribution in [0.1, 0.15) is 18.5 Å². The Morgan fingerprint density at radius 2 is 1.70 bits per heavy atom. The lowest BCUT2D eigenvalue weighted by Gasteiger charge is -2.28. The number of urea groups is 1. The number of aromatic amines is 1. The van der Waals surface area contributed by atoms with Crippen LogP contribution in [0.3, 0.4) is 0 Å². The van der Waals surface area contributed by atoms with E-state index in [4.69, 9.17) is 11.6 Å². The van der Waals surface area contributed by atoms with Gasteiger partial charge in [0.2, 0.25) is 0 Å². The summed E-state index contributed by atoms with van der Waals surface area (Å²) in [5, 5.41) is 17.0. The highest BCUT2D eigenvalue weighted by atomic mass is 35.5. The average Bonchev–Trinajstić information content (AvgIpc) is 3.27. The third-order valence-electron chi connectivity index (χ3n) is 5.63. The molecule has 4 aromatic rings. The van der Waals surface area contributed by atoms with Crippen molar-refractivity contribution in [1.29, 1.82) is 0 Å². The Kier molecular flexibility index (Phi) is 5.32. The van der Waals surface area contributed by atoms with Gasteiger partial charge in [-0.15, -0.1) is 0 Å². The molecule has 0 fully saturated rings. The number of nitrogens with zero attached hydrogens (tertiary/aromatic N) is 1. The van der Waals surface area contributed by atoms with Gasteiger partial charge < -0.3 is 16.0 Å². The van der Waals surface area contributed by atoms with Gasteiger partial charge in [-0.1, -0.05) is 48.0 Å². The second kappa shape index (κ2) is 8.44. The lowest BCUT2D eigenvalue weighted by atomic mass is 9.93. The van der Waals surface area contributed by atoms with Crippen LogP contribution in [0.5, 0.6) is 0 Å². The van der Waals surface area contributed by atoms with Crippen LogP contribution in [0, 0.1) is 0 Å². The van der Waals surface area contributed by atoms with Crippen LogP contribution in [0.4, 0.5) is 10.5 Å². The number of amides is 3. The van der Waals surface area contributed by atoms with Crippen molar-refractivity contribution in [2.75, 3.05) is 5.32 Å². The van der Waals surface area contributed by atoms with Gasteiger partial charge in [0.05, 0.1) is 23.3 Å². The molecule has 0 aliphatic carbocycles. The van der Waals surface area contributed by atoms with Gasteiger partial charge in [0.1, 0.15) is 0 Å². The van der Waals surface area contributed by atoms with E-state index in [-0.39, 0.29) is 11.9 Å². The number of H-pyrrole nitrogens is 1. The van der Waals surface area contributed by atoms with E-state index in [9.17, 15) is 9.59 Å². The molecule has 0 radical (unpaired) electrons.